The summed E-state index contributed by atoms with van der Waals surface area (Å²) in [7, 11) is 0. The number of carbonyl (C=O) groups is 1. The van der Waals surface area contributed by atoms with Crippen LogP contribution in [0.2, 0.25) is 0 Å². The van der Waals surface area contributed by atoms with Gasteiger partial charge in [-0.1, -0.05) is 0 Å². The molecule has 0 saturated heterocycles. The van der Waals surface area contributed by atoms with E-state index in [9.17, 15) is 13.6 Å². The van der Waals surface area contributed by atoms with E-state index in [1.807, 2.05) is 0 Å². The number of phenols is 1. The summed E-state index contributed by atoms with van der Waals surface area (Å²) in [5, 5.41) is 8.64. The van der Waals surface area contributed by atoms with Gasteiger partial charge in [0.25, 0.3) is 0 Å². The topological polar surface area (TPSA) is 37.3 Å². The number of carbonyl (C=O) groups excluding carboxylic acids is 1. The molecule has 0 aromatic heterocycles. The zero-order chi connectivity index (χ0) is 8.43. The van der Waals surface area contributed by atoms with E-state index in [0.29, 0.717) is 12.4 Å². The molecular weight excluding hydrogens is 154 g/mol. The van der Waals surface area contributed by atoms with Crippen LogP contribution in [0.15, 0.2) is 12.1 Å². The normalized spacial score (nSPS) is 9.64. The van der Waals surface area contributed by atoms with Crippen molar-refractivity contribution < 1.29 is 18.7 Å². The van der Waals surface area contributed by atoms with Gasteiger partial charge in [-0.3, -0.25) is 4.79 Å². The molecule has 0 fully saturated rings. The third-order valence-corrected chi connectivity index (χ3v) is 1.17. The molecule has 1 aromatic rings. The van der Waals surface area contributed by atoms with Crippen LogP contribution in [-0.2, 0) is 0 Å². The number of hydrogen-bond donors (Lipinski definition) is 1. The smallest absolute Gasteiger partial charge is 0.200 e. The lowest BCUT2D eigenvalue weighted by Crippen LogP contribution is -1.88. The van der Waals surface area contributed by atoms with Crippen molar-refractivity contribution in [1.29, 1.82) is 0 Å². The molecule has 0 aliphatic rings. The van der Waals surface area contributed by atoms with Gasteiger partial charge in [-0.2, -0.15) is 4.39 Å². The number of halogens is 2. The summed E-state index contributed by atoms with van der Waals surface area (Å²) in [4.78, 5) is 10.0. The molecule has 0 saturated carbocycles. The van der Waals surface area contributed by atoms with E-state index in [-0.39, 0.29) is 5.56 Å². The minimum atomic E-state index is -1.34. The standard InChI is InChI=1S/C7H4F2O2/c8-5-1-4(3-10)2-6(11)7(5)9/h1-3,11H. The summed E-state index contributed by atoms with van der Waals surface area (Å²) in [6.45, 7) is 0. The van der Waals surface area contributed by atoms with Crippen LogP contribution in [0.25, 0.3) is 0 Å². The fraction of sp³-hybridized carbons (Fsp3) is 0. The molecule has 0 amide bonds. The van der Waals surface area contributed by atoms with E-state index in [1.54, 1.807) is 0 Å². The second kappa shape index (κ2) is 2.65. The van der Waals surface area contributed by atoms with Crippen LogP contribution in [-0.4, -0.2) is 11.4 Å². The second-order valence-corrected chi connectivity index (χ2v) is 1.95. The first-order chi connectivity index (χ1) is 5.15. The molecule has 0 aliphatic carbocycles. The highest BCUT2D eigenvalue weighted by molar-refractivity contribution is 5.75. The average Bonchev–Trinajstić information content (AvgIpc) is 1.99. The van der Waals surface area contributed by atoms with Crippen LogP contribution < -0.4 is 0 Å². The highest BCUT2D eigenvalue weighted by Crippen LogP contribution is 2.19. The molecule has 58 valence electrons. The third kappa shape index (κ3) is 1.34. The maximum atomic E-state index is 12.3. The van der Waals surface area contributed by atoms with Gasteiger partial charge in [-0.05, 0) is 12.1 Å². The quantitative estimate of drug-likeness (QED) is 0.628. The van der Waals surface area contributed by atoms with Crippen molar-refractivity contribution in [1.82, 2.24) is 0 Å². The first-order valence-corrected chi connectivity index (χ1v) is 2.78. The Morgan fingerprint density at radius 1 is 1.36 bits per heavy atom. The predicted octanol–water partition coefficient (Wildman–Crippen LogP) is 1.48. The van der Waals surface area contributed by atoms with Crippen molar-refractivity contribution in [3.05, 3.63) is 29.3 Å². The van der Waals surface area contributed by atoms with Gasteiger partial charge in [0.1, 0.15) is 6.29 Å². The molecule has 1 aromatic carbocycles. The number of hydrogen-bond acceptors (Lipinski definition) is 2. The Morgan fingerprint density at radius 3 is 2.45 bits per heavy atom. The third-order valence-electron chi connectivity index (χ3n) is 1.17. The zero-order valence-corrected chi connectivity index (χ0v) is 5.34. The summed E-state index contributed by atoms with van der Waals surface area (Å²) >= 11 is 0. The first kappa shape index (κ1) is 7.65. The summed E-state index contributed by atoms with van der Waals surface area (Å²) in [6, 6.07) is 1.56. The number of aromatic hydroxyl groups is 1. The van der Waals surface area contributed by atoms with E-state index in [0.717, 1.165) is 6.07 Å². The van der Waals surface area contributed by atoms with Crippen LogP contribution in [0.3, 0.4) is 0 Å². The SMILES string of the molecule is O=Cc1cc(O)c(F)c(F)c1. The summed E-state index contributed by atoms with van der Waals surface area (Å²) < 4.78 is 24.6. The van der Waals surface area contributed by atoms with Crippen molar-refractivity contribution in [2.45, 2.75) is 0 Å². The molecule has 0 atom stereocenters. The van der Waals surface area contributed by atoms with Crippen molar-refractivity contribution in [2.75, 3.05) is 0 Å². The Hall–Kier alpha value is -1.45. The summed E-state index contributed by atoms with van der Waals surface area (Å²) in [6.07, 6.45) is 0.322. The molecule has 0 radical (unpaired) electrons. The lowest BCUT2D eigenvalue weighted by atomic mass is 10.2. The molecule has 4 heteroatoms. The van der Waals surface area contributed by atoms with E-state index in [1.165, 1.54) is 0 Å². The van der Waals surface area contributed by atoms with Gasteiger partial charge >= 0.3 is 0 Å². The average molecular weight is 158 g/mol. The van der Waals surface area contributed by atoms with Gasteiger partial charge in [0.15, 0.2) is 17.4 Å². The largest absolute Gasteiger partial charge is 0.505 e. The Balaban J connectivity index is 3.31. The fourth-order valence-corrected chi connectivity index (χ4v) is 0.663. The molecule has 0 unspecified atom stereocenters. The van der Waals surface area contributed by atoms with Gasteiger partial charge in [-0.25, -0.2) is 4.39 Å². The number of aldehydes is 1. The van der Waals surface area contributed by atoms with Crippen molar-refractivity contribution in [3.8, 4) is 5.75 Å². The minimum absolute atomic E-state index is 0.0959. The second-order valence-electron chi connectivity index (χ2n) is 1.95. The Kier molecular flexibility index (Phi) is 1.85. The van der Waals surface area contributed by atoms with Crippen LogP contribution in [0.5, 0.6) is 5.75 Å². The Morgan fingerprint density at radius 2 is 2.00 bits per heavy atom. The maximum Gasteiger partial charge on any atom is 0.200 e. The van der Waals surface area contributed by atoms with Gasteiger partial charge < -0.3 is 5.11 Å². The van der Waals surface area contributed by atoms with Crippen LogP contribution >= 0.6 is 0 Å². The summed E-state index contributed by atoms with van der Waals surface area (Å²) in [5.74, 6) is -3.42. The molecule has 11 heavy (non-hydrogen) atoms. The first-order valence-electron chi connectivity index (χ1n) is 2.78. The molecule has 0 spiro atoms. The number of rotatable bonds is 1. The van der Waals surface area contributed by atoms with E-state index >= 15 is 0 Å². The maximum absolute atomic E-state index is 12.3. The molecule has 0 aliphatic heterocycles. The van der Waals surface area contributed by atoms with Crippen molar-refractivity contribution >= 4 is 6.29 Å². The van der Waals surface area contributed by atoms with Crippen molar-refractivity contribution in [2.24, 2.45) is 0 Å². The highest BCUT2D eigenvalue weighted by Gasteiger charge is 2.08. The van der Waals surface area contributed by atoms with Crippen LogP contribution in [0.1, 0.15) is 10.4 Å². The van der Waals surface area contributed by atoms with Gasteiger partial charge in [0.05, 0.1) is 0 Å². The molecule has 0 bridgehead atoms. The van der Waals surface area contributed by atoms with E-state index in [4.69, 9.17) is 5.11 Å². The van der Waals surface area contributed by atoms with E-state index < -0.39 is 17.4 Å². The molecule has 1 N–H and O–H groups in total. The van der Waals surface area contributed by atoms with Gasteiger partial charge in [0.2, 0.25) is 0 Å². The number of phenolic OH excluding ortho intramolecular Hbond substituents is 1. The van der Waals surface area contributed by atoms with Crippen molar-refractivity contribution in [3.63, 3.8) is 0 Å². The zero-order valence-electron chi connectivity index (χ0n) is 5.34. The van der Waals surface area contributed by atoms with Crippen LogP contribution in [0.4, 0.5) is 8.78 Å². The Labute approximate surface area is 61.1 Å². The van der Waals surface area contributed by atoms with Crippen LogP contribution in [0, 0.1) is 11.6 Å². The van der Waals surface area contributed by atoms with E-state index in [2.05, 4.69) is 0 Å². The minimum Gasteiger partial charge on any atom is -0.505 e. The molecule has 2 nitrogen and oxygen atoms in total. The highest BCUT2D eigenvalue weighted by atomic mass is 19.2. The fourth-order valence-electron chi connectivity index (χ4n) is 0.663. The van der Waals surface area contributed by atoms with Gasteiger partial charge in [0, 0.05) is 5.56 Å². The molecule has 0 heterocycles. The summed E-state index contributed by atoms with van der Waals surface area (Å²) in [5.41, 5.74) is -0.0959. The molecular formula is C7H4F2O2. The predicted molar refractivity (Wildman–Crippen MR) is 33.4 cm³/mol. The van der Waals surface area contributed by atoms with Gasteiger partial charge in [-0.15, -0.1) is 0 Å². The lowest BCUT2D eigenvalue weighted by Gasteiger charge is -1.96. The number of benzene rings is 1. The monoisotopic (exact) mass is 158 g/mol. The Bertz CT molecular complexity index is 273. The lowest BCUT2D eigenvalue weighted by molar-refractivity contribution is 0.112. The molecule has 1 rings (SSSR count).